The van der Waals surface area contributed by atoms with E-state index in [1.54, 1.807) is 5.38 Å². The highest BCUT2D eigenvalue weighted by molar-refractivity contribution is 8.00. The molecule has 2 atom stereocenters. The van der Waals surface area contributed by atoms with E-state index >= 15 is 0 Å². The summed E-state index contributed by atoms with van der Waals surface area (Å²) in [7, 11) is 1.28. The highest BCUT2D eigenvalue weighted by atomic mass is 32.2. The zero-order chi connectivity index (χ0) is 18.1. The highest BCUT2D eigenvalue weighted by Crippen LogP contribution is 2.37. The van der Waals surface area contributed by atoms with Crippen LogP contribution in [0.25, 0.3) is 0 Å². The number of carbonyl (C=O) groups excluding carboxylic acids is 2. The van der Waals surface area contributed by atoms with Gasteiger partial charge in [-0.25, -0.2) is 9.78 Å². The normalized spacial score (nSPS) is 22.6. The Kier molecular flexibility index (Phi) is 4.63. The van der Waals surface area contributed by atoms with Gasteiger partial charge in [-0.2, -0.15) is 0 Å². The third-order valence-electron chi connectivity index (χ3n) is 3.51. The molecular formula is C13H13N5O5S2. The molecule has 0 saturated carbocycles. The van der Waals surface area contributed by atoms with Crippen molar-refractivity contribution in [3.63, 3.8) is 0 Å². The van der Waals surface area contributed by atoms with Crippen molar-refractivity contribution in [1.29, 1.82) is 0 Å². The summed E-state index contributed by atoms with van der Waals surface area (Å²) in [5.41, 5.74) is 5.60. The first kappa shape index (κ1) is 17.2. The fourth-order valence-electron chi connectivity index (χ4n) is 2.44. The third kappa shape index (κ3) is 3.05. The van der Waals surface area contributed by atoms with Crippen LogP contribution in [0.4, 0.5) is 5.13 Å². The van der Waals surface area contributed by atoms with Gasteiger partial charge in [0.15, 0.2) is 10.8 Å². The minimum Gasteiger partial charge on any atom is -0.477 e. The van der Waals surface area contributed by atoms with Crippen molar-refractivity contribution in [2.45, 2.75) is 11.4 Å². The van der Waals surface area contributed by atoms with Gasteiger partial charge in [0.1, 0.15) is 29.9 Å². The maximum Gasteiger partial charge on any atom is 0.352 e. The number of oxime groups is 1. The maximum atomic E-state index is 12.5. The van der Waals surface area contributed by atoms with E-state index in [2.05, 4.69) is 20.3 Å². The Labute approximate surface area is 149 Å². The number of amides is 2. The lowest BCUT2D eigenvalue weighted by atomic mass is 10.0. The van der Waals surface area contributed by atoms with E-state index in [-0.39, 0.29) is 22.2 Å². The van der Waals surface area contributed by atoms with E-state index in [4.69, 9.17) is 10.8 Å². The predicted molar refractivity (Wildman–Crippen MR) is 90.8 cm³/mol. The molecule has 0 spiro atoms. The second-order valence-corrected chi connectivity index (χ2v) is 7.01. The number of anilines is 1. The molecule has 25 heavy (non-hydrogen) atoms. The van der Waals surface area contributed by atoms with Crippen LogP contribution in [0, 0.1) is 0 Å². The molecule has 0 aromatic carbocycles. The van der Waals surface area contributed by atoms with Gasteiger partial charge < -0.3 is 21.0 Å². The van der Waals surface area contributed by atoms with E-state index in [0.29, 0.717) is 5.75 Å². The lowest BCUT2D eigenvalue weighted by Gasteiger charge is -2.48. The third-order valence-corrected chi connectivity index (χ3v) is 5.37. The van der Waals surface area contributed by atoms with Gasteiger partial charge in [0, 0.05) is 11.1 Å². The molecule has 3 rings (SSSR count). The van der Waals surface area contributed by atoms with E-state index in [1.807, 2.05) is 0 Å². The Morgan fingerprint density at radius 1 is 1.56 bits per heavy atom. The van der Waals surface area contributed by atoms with Crippen LogP contribution in [0.5, 0.6) is 0 Å². The average Bonchev–Trinajstić information content (AvgIpc) is 3.02. The van der Waals surface area contributed by atoms with Crippen LogP contribution < -0.4 is 11.1 Å². The number of nitrogens with one attached hydrogen (secondary N) is 1. The Hall–Kier alpha value is -2.60. The molecule has 10 nitrogen and oxygen atoms in total. The minimum absolute atomic E-state index is 0.0719. The number of carboxylic acid groups (broad SMARTS) is 1. The van der Waals surface area contributed by atoms with E-state index in [1.165, 1.54) is 24.9 Å². The molecule has 2 amide bonds. The molecule has 1 aromatic rings. The summed E-state index contributed by atoms with van der Waals surface area (Å²) in [6, 6.07) is -0.849. The van der Waals surface area contributed by atoms with E-state index in [9.17, 15) is 14.4 Å². The lowest BCUT2D eigenvalue weighted by molar-refractivity contribution is -0.150. The number of hydrogen-bond acceptors (Lipinski definition) is 9. The monoisotopic (exact) mass is 383 g/mol. The first-order chi connectivity index (χ1) is 11.9. The van der Waals surface area contributed by atoms with Crippen LogP contribution in [0.1, 0.15) is 5.69 Å². The SMILES string of the molecule is CO/N=C(/C(=O)N[C@@H]1C(=O)N2C(C(=O)O)=CCS[C@@H]12)c1csc(N)n1. The number of aromatic nitrogens is 1. The summed E-state index contributed by atoms with van der Waals surface area (Å²) in [6.45, 7) is 0. The second-order valence-electron chi connectivity index (χ2n) is 4.97. The van der Waals surface area contributed by atoms with Crippen LogP contribution in [0.15, 0.2) is 22.3 Å². The van der Waals surface area contributed by atoms with Crippen molar-refractivity contribution in [1.82, 2.24) is 15.2 Å². The topological polar surface area (TPSA) is 147 Å². The summed E-state index contributed by atoms with van der Waals surface area (Å²) >= 11 is 2.49. The standard InChI is InChI=1S/C13H13N5O5S2/c1-23-17-7(5-4-25-13(14)15-5)9(19)16-8-10(20)18-6(12(21)22)2-3-24-11(8)18/h2,4,8,11H,3H2,1H3,(H2,14,15)(H,16,19)(H,21,22)/b17-7+/t8-,11+/m1/s1. The molecule has 132 valence electrons. The van der Waals surface area contributed by atoms with Gasteiger partial charge in [0.2, 0.25) is 0 Å². The van der Waals surface area contributed by atoms with Gasteiger partial charge >= 0.3 is 5.97 Å². The molecule has 2 aliphatic heterocycles. The zero-order valence-corrected chi connectivity index (χ0v) is 14.5. The number of thiazole rings is 1. The summed E-state index contributed by atoms with van der Waals surface area (Å²) in [5, 5.41) is 16.7. The number of rotatable bonds is 5. The molecule has 1 fully saturated rings. The molecule has 0 radical (unpaired) electrons. The van der Waals surface area contributed by atoms with Gasteiger partial charge in [-0.05, 0) is 6.08 Å². The van der Waals surface area contributed by atoms with Crippen molar-refractivity contribution in [3.05, 3.63) is 22.8 Å². The molecule has 0 unspecified atom stereocenters. The first-order valence-corrected chi connectivity index (χ1v) is 8.88. The summed E-state index contributed by atoms with van der Waals surface area (Å²) in [4.78, 5) is 45.7. The Balaban J connectivity index is 1.75. The van der Waals surface area contributed by atoms with Gasteiger partial charge in [0.25, 0.3) is 11.8 Å². The van der Waals surface area contributed by atoms with Crippen molar-refractivity contribution < 1.29 is 24.3 Å². The van der Waals surface area contributed by atoms with Crippen molar-refractivity contribution in [2.75, 3.05) is 18.6 Å². The van der Waals surface area contributed by atoms with E-state index < -0.39 is 29.2 Å². The Morgan fingerprint density at radius 3 is 2.92 bits per heavy atom. The maximum absolute atomic E-state index is 12.5. The number of aliphatic carboxylic acids is 1. The van der Waals surface area contributed by atoms with Crippen molar-refractivity contribution in [2.24, 2.45) is 5.16 Å². The average molecular weight is 383 g/mol. The van der Waals surface area contributed by atoms with Gasteiger partial charge in [-0.1, -0.05) is 5.16 Å². The Morgan fingerprint density at radius 2 is 2.32 bits per heavy atom. The zero-order valence-electron chi connectivity index (χ0n) is 12.8. The largest absolute Gasteiger partial charge is 0.477 e. The summed E-state index contributed by atoms with van der Waals surface area (Å²) < 4.78 is 0. The van der Waals surface area contributed by atoms with Gasteiger partial charge in [0.05, 0.1) is 0 Å². The number of nitrogens with zero attached hydrogens (tertiary/aromatic N) is 3. The van der Waals surface area contributed by atoms with Crippen molar-refractivity contribution >= 4 is 51.7 Å². The fraction of sp³-hybridized carbons (Fsp3) is 0.308. The predicted octanol–water partition coefficient (Wildman–Crippen LogP) is -0.556. The number of fused-ring (bicyclic) bond motifs is 1. The smallest absolute Gasteiger partial charge is 0.352 e. The van der Waals surface area contributed by atoms with Gasteiger partial charge in [-0.15, -0.1) is 23.1 Å². The molecule has 1 aromatic heterocycles. The van der Waals surface area contributed by atoms with Crippen LogP contribution in [0.2, 0.25) is 0 Å². The highest BCUT2D eigenvalue weighted by Gasteiger charge is 2.53. The second kappa shape index (κ2) is 6.72. The van der Waals surface area contributed by atoms with Crippen molar-refractivity contribution in [3.8, 4) is 0 Å². The number of carboxylic acids is 1. The minimum atomic E-state index is -1.18. The van der Waals surface area contributed by atoms with E-state index in [0.717, 1.165) is 16.2 Å². The van der Waals surface area contributed by atoms with Crippen LogP contribution >= 0.6 is 23.1 Å². The quantitative estimate of drug-likeness (QED) is 0.348. The number of β-lactam (4-membered cyclic amide) rings is 1. The van der Waals surface area contributed by atoms with Crippen LogP contribution in [-0.2, 0) is 19.2 Å². The fourth-order valence-corrected chi connectivity index (χ4v) is 4.18. The van der Waals surface area contributed by atoms with Crippen LogP contribution in [-0.4, -0.2) is 62.8 Å². The molecule has 0 bridgehead atoms. The number of thioether (sulfide) groups is 1. The number of nitrogens with two attached hydrogens (primary N) is 1. The lowest BCUT2D eigenvalue weighted by Crippen LogP contribution is -2.70. The molecule has 1 saturated heterocycles. The molecular weight excluding hydrogens is 370 g/mol. The molecule has 4 N–H and O–H groups in total. The summed E-state index contributed by atoms with van der Waals surface area (Å²) in [6.07, 6.45) is 1.47. The molecule has 3 heterocycles. The van der Waals surface area contributed by atoms with Crippen LogP contribution in [0.3, 0.4) is 0 Å². The number of carbonyl (C=O) groups is 3. The Bertz CT molecular complexity index is 804. The summed E-state index contributed by atoms with van der Waals surface area (Å²) in [5.74, 6) is -1.89. The number of hydrogen-bond donors (Lipinski definition) is 3. The molecule has 0 aliphatic carbocycles. The molecule has 12 heteroatoms. The first-order valence-electron chi connectivity index (χ1n) is 6.95. The number of nitrogen functional groups attached to an aromatic ring is 1. The molecule has 2 aliphatic rings. The van der Waals surface area contributed by atoms with Gasteiger partial charge in [-0.3, -0.25) is 14.5 Å².